The number of imide groups is 1. The summed E-state index contributed by atoms with van der Waals surface area (Å²) in [5, 5.41) is -0.123. The number of nitrogens with zero attached hydrogens (tertiary/aromatic N) is 1. The van der Waals surface area contributed by atoms with Crippen LogP contribution in [0, 0.1) is 0 Å². The lowest BCUT2D eigenvalue weighted by Crippen LogP contribution is -2.40. The van der Waals surface area contributed by atoms with E-state index in [-0.39, 0.29) is 17.3 Å². The highest BCUT2D eigenvalue weighted by Gasteiger charge is 2.33. The summed E-state index contributed by atoms with van der Waals surface area (Å²) in [6.07, 6.45) is 0.583. The molecule has 0 saturated carbocycles. The highest BCUT2D eigenvalue weighted by molar-refractivity contribution is 8.13. The van der Waals surface area contributed by atoms with Crippen LogP contribution in [0.2, 0.25) is 0 Å². The van der Waals surface area contributed by atoms with Gasteiger partial charge in [-0.3, -0.25) is 14.5 Å². The van der Waals surface area contributed by atoms with Gasteiger partial charge < -0.3 is 4.74 Å². The van der Waals surface area contributed by atoms with E-state index in [0.29, 0.717) is 25.3 Å². The van der Waals surface area contributed by atoms with Gasteiger partial charge >= 0.3 is 0 Å². The second-order valence-corrected chi connectivity index (χ2v) is 3.87. The van der Waals surface area contributed by atoms with Crippen LogP contribution in [-0.2, 0) is 9.53 Å². The van der Waals surface area contributed by atoms with Crippen LogP contribution in [-0.4, -0.2) is 41.1 Å². The molecule has 2 fully saturated rings. The van der Waals surface area contributed by atoms with Gasteiger partial charge in [-0.1, -0.05) is 11.8 Å². The van der Waals surface area contributed by atoms with Crippen LogP contribution in [0.5, 0.6) is 0 Å². The molecule has 0 unspecified atom stereocenters. The van der Waals surface area contributed by atoms with Crippen LogP contribution in [0.15, 0.2) is 0 Å². The van der Waals surface area contributed by atoms with Gasteiger partial charge in [0.05, 0.1) is 19.3 Å². The minimum absolute atomic E-state index is 0.0609. The Labute approximate surface area is 74.2 Å². The zero-order chi connectivity index (χ0) is 8.55. The summed E-state index contributed by atoms with van der Waals surface area (Å²) in [5.41, 5.74) is 0. The van der Waals surface area contributed by atoms with E-state index in [0.717, 1.165) is 0 Å². The first-order valence-corrected chi connectivity index (χ1v) is 4.84. The fraction of sp³-hybridized carbons (Fsp3) is 0.714. The first-order valence-electron chi connectivity index (χ1n) is 3.86. The van der Waals surface area contributed by atoms with Crippen molar-refractivity contribution >= 4 is 22.9 Å². The van der Waals surface area contributed by atoms with Gasteiger partial charge in [0.25, 0.3) is 5.24 Å². The van der Waals surface area contributed by atoms with E-state index in [4.69, 9.17) is 4.74 Å². The molecule has 0 aromatic rings. The van der Waals surface area contributed by atoms with Crippen molar-refractivity contribution in [2.24, 2.45) is 0 Å². The van der Waals surface area contributed by atoms with E-state index in [1.807, 2.05) is 0 Å². The molecule has 0 radical (unpaired) electrons. The number of hydrogen-bond acceptors (Lipinski definition) is 4. The van der Waals surface area contributed by atoms with Gasteiger partial charge in [0.15, 0.2) is 0 Å². The van der Waals surface area contributed by atoms with Gasteiger partial charge in [-0.25, -0.2) is 0 Å². The van der Waals surface area contributed by atoms with Crippen LogP contribution in [0.4, 0.5) is 4.79 Å². The van der Waals surface area contributed by atoms with Crippen LogP contribution in [0.1, 0.15) is 6.42 Å². The highest BCUT2D eigenvalue weighted by Crippen LogP contribution is 2.21. The zero-order valence-electron chi connectivity index (χ0n) is 6.49. The maximum atomic E-state index is 11.2. The Bertz CT molecular complexity index is 211. The van der Waals surface area contributed by atoms with Gasteiger partial charge in [-0.2, -0.15) is 0 Å². The summed E-state index contributed by atoms with van der Waals surface area (Å²) in [6.45, 7) is 1.13. The molecule has 2 saturated heterocycles. The molecule has 2 aliphatic heterocycles. The lowest BCUT2D eigenvalue weighted by Gasteiger charge is -2.22. The van der Waals surface area contributed by atoms with E-state index in [1.54, 1.807) is 0 Å². The summed E-state index contributed by atoms with van der Waals surface area (Å²) < 4.78 is 4.95. The number of rotatable bonds is 2. The molecule has 12 heavy (non-hydrogen) atoms. The molecule has 2 aliphatic rings. The first kappa shape index (κ1) is 8.07. The molecular formula is C7H9NO3S. The molecule has 2 amide bonds. The molecule has 0 N–H and O–H groups in total. The average Bonchev–Trinajstić information content (AvgIpc) is 2.80. The van der Waals surface area contributed by atoms with Crippen LogP contribution in [0.3, 0.4) is 0 Å². The Hall–Kier alpha value is -0.550. The number of epoxide rings is 1. The van der Waals surface area contributed by atoms with E-state index in [2.05, 4.69) is 0 Å². The van der Waals surface area contributed by atoms with E-state index in [9.17, 15) is 9.59 Å². The quantitative estimate of drug-likeness (QED) is 0.590. The maximum absolute atomic E-state index is 11.2. The zero-order valence-corrected chi connectivity index (χ0v) is 7.30. The van der Waals surface area contributed by atoms with Crippen molar-refractivity contribution in [3.8, 4) is 0 Å². The van der Waals surface area contributed by atoms with Crippen molar-refractivity contribution in [2.45, 2.75) is 12.5 Å². The fourth-order valence-electron chi connectivity index (χ4n) is 1.09. The SMILES string of the molecule is O=C1CCSC(=O)N1C[C@@H]1CO1. The van der Waals surface area contributed by atoms with Crippen molar-refractivity contribution in [3.05, 3.63) is 0 Å². The van der Waals surface area contributed by atoms with Crippen LogP contribution in [0.25, 0.3) is 0 Å². The molecule has 2 heterocycles. The van der Waals surface area contributed by atoms with Crippen LogP contribution < -0.4 is 0 Å². The smallest absolute Gasteiger partial charge is 0.288 e. The standard InChI is InChI=1S/C7H9NO3S/c9-6-1-2-12-7(10)8(6)3-5-4-11-5/h5H,1-4H2/t5-/m1/s1. The predicted molar refractivity (Wildman–Crippen MR) is 43.9 cm³/mol. The van der Waals surface area contributed by atoms with Gasteiger partial charge in [0, 0.05) is 12.2 Å². The van der Waals surface area contributed by atoms with Crippen molar-refractivity contribution in [1.82, 2.24) is 4.90 Å². The lowest BCUT2D eigenvalue weighted by molar-refractivity contribution is -0.127. The third kappa shape index (κ3) is 1.61. The van der Waals surface area contributed by atoms with Gasteiger partial charge in [0.1, 0.15) is 0 Å². The molecule has 66 valence electrons. The van der Waals surface area contributed by atoms with E-state index >= 15 is 0 Å². The molecule has 0 aromatic heterocycles. The summed E-state index contributed by atoms with van der Waals surface area (Å²) in [6, 6.07) is 0. The third-order valence-electron chi connectivity index (χ3n) is 1.85. The predicted octanol–water partition coefficient (Wildman–Crippen LogP) is 0.471. The van der Waals surface area contributed by atoms with E-state index < -0.39 is 0 Å². The monoisotopic (exact) mass is 187 g/mol. The molecule has 5 heteroatoms. The summed E-state index contributed by atoms with van der Waals surface area (Å²) >= 11 is 1.21. The largest absolute Gasteiger partial charge is 0.371 e. The van der Waals surface area contributed by atoms with Crippen molar-refractivity contribution in [1.29, 1.82) is 0 Å². The molecule has 0 aromatic carbocycles. The Morgan fingerprint density at radius 3 is 2.92 bits per heavy atom. The Balaban J connectivity index is 1.97. The molecular weight excluding hydrogens is 178 g/mol. The minimum Gasteiger partial charge on any atom is -0.371 e. The average molecular weight is 187 g/mol. The first-order chi connectivity index (χ1) is 5.77. The second-order valence-electron chi connectivity index (χ2n) is 2.82. The van der Waals surface area contributed by atoms with Crippen molar-refractivity contribution in [2.75, 3.05) is 18.9 Å². The van der Waals surface area contributed by atoms with E-state index in [1.165, 1.54) is 16.7 Å². The molecule has 0 bridgehead atoms. The molecule has 2 rings (SSSR count). The minimum atomic E-state index is -0.123. The number of carbonyl (C=O) groups excluding carboxylic acids is 2. The third-order valence-corrected chi connectivity index (χ3v) is 2.73. The summed E-state index contributed by atoms with van der Waals surface area (Å²) in [7, 11) is 0. The summed E-state index contributed by atoms with van der Waals surface area (Å²) in [4.78, 5) is 23.7. The van der Waals surface area contributed by atoms with Crippen LogP contribution >= 0.6 is 11.8 Å². The molecule has 0 aliphatic carbocycles. The number of carbonyl (C=O) groups is 2. The lowest BCUT2D eigenvalue weighted by atomic mass is 10.3. The summed E-state index contributed by atoms with van der Waals surface area (Å²) in [5.74, 6) is 0.564. The molecule has 4 nitrogen and oxygen atoms in total. The van der Waals surface area contributed by atoms with Gasteiger partial charge in [0.2, 0.25) is 5.91 Å². The Morgan fingerprint density at radius 2 is 2.33 bits per heavy atom. The maximum Gasteiger partial charge on any atom is 0.288 e. The van der Waals surface area contributed by atoms with Gasteiger partial charge in [-0.15, -0.1) is 0 Å². The number of hydrogen-bond donors (Lipinski definition) is 0. The molecule has 0 spiro atoms. The second kappa shape index (κ2) is 3.06. The van der Waals surface area contributed by atoms with Crippen molar-refractivity contribution in [3.63, 3.8) is 0 Å². The fourth-order valence-corrected chi connectivity index (χ4v) is 1.88. The number of thioether (sulfide) groups is 1. The number of amides is 2. The highest BCUT2D eigenvalue weighted by atomic mass is 32.2. The molecule has 1 atom stereocenters. The Morgan fingerprint density at radius 1 is 1.58 bits per heavy atom. The Kier molecular flexibility index (Phi) is 2.06. The van der Waals surface area contributed by atoms with Crippen molar-refractivity contribution < 1.29 is 14.3 Å². The topological polar surface area (TPSA) is 49.9 Å². The normalized spacial score (nSPS) is 29.3. The van der Waals surface area contributed by atoms with Gasteiger partial charge in [-0.05, 0) is 0 Å². The number of ether oxygens (including phenoxy) is 1.